The van der Waals surface area contributed by atoms with Gasteiger partial charge in [-0.3, -0.25) is 4.79 Å². The standard InChI is InChI=1S/C29H40N4O9S/c1-38-26-3-2-4-27(29(26)22-5-11-33-25(19-22)23(21-31-33)20-28(34)35)43(36,37)32-9-6-24(7-10-32)42-18-17-41-16-15-40-14-13-39-12-8-30/h2-5,11,19,21,24H,6-10,12-18,20,30H2,1H3,(H,34,35). The van der Waals surface area contributed by atoms with Crippen LogP contribution >= 0.6 is 0 Å². The zero-order chi connectivity index (χ0) is 30.7. The number of carboxylic acids is 1. The number of ether oxygens (including phenoxy) is 5. The number of sulfonamides is 1. The van der Waals surface area contributed by atoms with Crippen LogP contribution in [0.5, 0.6) is 5.75 Å². The molecule has 0 amide bonds. The molecule has 43 heavy (non-hydrogen) atoms. The van der Waals surface area contributed by atoms with Crippen LogP contribution in [0, 0.1) is 0 Å². The lowest BCUT2D eigenvalue weighted by Gasteiger charge is -2.31. The summed E-state index contributed by atoms with van der Waals surface area (Å²) in [7, 11) is -2.40. The number of fused-ring (bicyclic) bond motifs is 1. The number of hydrogen-bond acceptors (Lipinski definition) is 10. The summed E-state index contributed by atoms with van der Waals surface area (Å²) >= 11 is 0. The summed E-state index contributed by atoms with van der Waals surface area (Å²) in [5.74, 6) is -0.583. The van der Waals surface area contributed by atoms with Gasteiger partial charge < -0.3 is 34.5 Å². The van der Waals surface area contributed by atoms with Crippen LogP contribution in [-0.2, 0) is 40.2 Å². The molecule has 3 N–H and O–H groups in total. The summed E-state index contributed by atoms with van der Waals surface area (Å²) in [5.41, 5.74) is 7.46. The Morgan fingerprint density at radius 2 is 1.70 bits per heavy atom. The van der Waals surface area contributed by atoms with Gasteiger partial charge in [0.25, 0.3) is 0 Å². The van der Waals surface area contributed by atoms with Gasteiger partial charge in [-0.05, 0) is 42.7 Å². The number of carboxylic acid groups (broad SMARTS) is 1. The van der Waals surface area contributed by atoms with Crippen LogP contribution in [0.2, 0.25) is 0 Å². The first kappa shape index (κ1) is 32.8. The number of benzene rings is 1. The van der Waals surface area contributed by atoms with E-state index in [-0.39, 0.29) is 17.4 Å². The van der Waals surface area contributed by atoms with E-state index >= 15 is 0 Å². The van der Waals surface area contributed by atoms with Gasteiger partial charge in [0.2, 0.25) is 10.0 Å². The summed E-state index contributed by atoms with van der Waals surface area (Å²) in [6.45, 7) is 4.40. The lowest BCUT2D eigenvalue weighted by Crippen LogP contribution is -2.41. The summed E-state index contributed by atoms with van der Waals surface area (Å²) in [4.78, 5) is 11.5. The summed E-state index contributed by atoms with van der Waals surface area (Å²) in [5, 5.41) is 13.5. The summed E-state index contributed by atoms with van der Waals surface area (Å²) in [6, 6.07) is 8.42. The molecule has 236 valence electrons. The molecule has 0 saturated carbocycles. The van der Waals surface area contributed by atoms with Crippen molar-refractivity contribution in [2.75, 3.05) is 73.0 Å². The minimum absolute atomic E-state index is 0.0623. The second kappa shape index (κ2) is 16.1. The quantitative estimate of drug-likeness (QED) is 0.199. The van der Waals surface area contributed by atoms with E-state index in [2.05, 4.69) is 5.10 Å². The smallest absolute Gasteiger partial charge is 0.307 e. The van der Waals surface area contributed by atoms with Gasteiger partial charge in [0.05, 0.1) is 82.5 Å². The van der Waals surface area contributed by atoms with E-state index in [1.807, 2.05) is 0 Å². The zero-order valence-electron chi connectivity index (χ0n) is 24.4. The first-order chi connectivity index (χ1) is 20.8. The molecule has 4 rings (SSSR count). The molecule has 0 bridgehead atoms. The maximum absolute atomic E-state index is 13.9. The van der Waals surface area contributed by atoms with Crippen LogP contribution in [0.4, 0.5) is 0 Å². The maximum atomic E-state index is 13.9. The molecule has 14 heteroatoms. The molecule has 3 aromatic rings. The lowest BCUT2D eigenvalue weighted by molar-refractivity contribution is -0.136. The molecule has 0 unspecified atom stereocenters. The van der Waals surface area contributed by atoms with E-state index in [0.717, 1.165) is 0 Å². The SMILES string of the molecule is COc1cccc(S(=O)(=O)N2CCC(OCCOCCOCCOCCN)CC2)c1-c1ccn2ncc(CC(=O)O)c2c1. The van der Waals surface area contributed by atoms with Gasteiger partial charge in [0, 0.05) is 37.0 Å². The predicted octanol–water partition coefficient (Wildman–Crippen LogP) is 1.82. The number of rotatable bonds is 18. The van der Waals surface area contributed by atoms with Crippen LogP contribution in [0.15, 0.2) is 47.6 Å². The largest absolute Gasteiger partial charge is 0.496 e. The van der Waals surface area contributed by atoms with Crippen molar-refractivity contribution in [3.05, 3.63) is 48.3 Å². The van der Waals surface area contributed by atoms with Gasteiger partial charge in [-0.1, -0.05) is 6.07 Å². The minimum atomic E-state index is -3.88. The summed E-state index contributed by atoms with van der Waals surface area (Å²) < 4.78 is 58.6. The molecule has 1 saturated heterocycles. The predicted molar refractivity (Wildman–Crippen MR) is 158 cm³/mol. The van der Waals surface area contributed by atoms with E-state index in [0.29, 0.717) is 107 Å². The van der Waals surface area contributed by atoms with E-state index in [4.69, 9.17) is 29.4 Å². The molecule has 1 aromatic carbocycles. The molecular formula is C29H40N4O9S. The van der Waals surface area contributed by atoms with E-state index in [9.17, 15) is 18.3 Å². The van der Waals surface area contributed by atoms with Crippen molar-refractivity contribution in [3.63, 3.8) is 0 Å². The molecule has 1 fully saturated rings. The third kappa shape index (κ3) is 8.72. The monoisotopic (exact) mass is 620 g/mol. The number of piperidine rings is 1. The average molecular weight is 621 g/mol. The Bertz CT molecular complexity index is 1440. The Morgan fingerprint density at radius 3 is 2.35 bits per heavy atom. The molecule has 13 nitrogen and oxygen atoms in total. The van der Waals surface area contributed by atoms with Crippen LogP contribution in [-0.4, -0.2) is 113 Å². The number of carbonyl (C=O) groups is 1. The van der Waals surface area contributed by atoms with Gasteiger partial charge >= 0.3 is 5.97 Å². The molecule has 0 spiro atoms. The molecular weight excluding hydrogens is 580 g/mol. The van der Waals surface area contributed by atoms with Crippen molar-refractivity contribution >= 4 is 21.5 Å². The van der Waals surface area contributed by atoms with E-state index in [1.54, 1.807) is 41.0 Å². The second-order valence-electron chi connectivity index (χ2n) is 9.92. The Labute approximate surface area is 251 Å². The number of aromatic nitrogens is 2. The highest BCUT2D eigenvalue weighted by molar-refractivity contribution is 7.89. The van der Waals surface area contributed by atoms with Gasteiger partial charge in [-0.15, -0.1) is 0 Å². The van der Waals surface area contributed by atoms with Crippen molar-refractivity contribution in [1.82, 2.24) is 13.9 Å². The third-order valence-corrected chi connectivity index (χ3v) is 8.99. The fourth-order valence-corrected chi connectivity index (χ4v) is 6.64. The van der Waals surface area contributed by atoms with Crippen molar-refractivity contribution < 1.29 is 42.0 Å². The van der Waals surface area contributed by atoms with Crippen molar-refractivity contribution in [2.45, 2.75) is 30.3 Å². The number of nitrogens with zero attached hydrogens (tertiary/aromatic N) is 3. The zero-order valence-corrected chi connectivity index (χ0v) is 25.2. The number of aliphatic carboxylic acids is 1. The number of hydrogen-bond donors (Lipinski definition) is 2. The van der Waals surface area contributed by atoms with Crippen LogP contribution in [0.1, 0.15) is 18.4 Å². The first-order valence-electron chi connectivity index (χ1n) is 14.3. The lowest BCUT2D eigenvalue weighted by atomic mass is 10.0. The Morgan fingerprint density at radius 1 is 1.02 bits per heavy atom. The van der Waals surface area contributed by atoms with E-state index < -0.39 is 16.0 Å². The number of nitrogens with two attached hydrogens (primary N) is 1. The highest BCUT2D eigenvalue weighted by Crippen LogP contribution is 2.38. The molecule has 0 radical (unpaired) electrons. The second-order valence-corrected chi connectivity index (χ2v) is 11.8. The Kier molecular flexibility index (Phi) is 12.3. The van der Waals surface area contributed by atoms with E-state index in [1.165, 1.54) is 17.6 Å². The molecule has 1 aliphatic rings. The highest BCUT2D eigenvalue weighted by atomic mass is 32.2. The normalized spacial score (nSPS) is 14.8. The van der Waals surface area contributed by atoms with Crippen molar-refractivity contribution in [1.29, 1.82) is 0 Å². The molecule has 0 aliphatic carbocycles. The first-order valence-corrected chi connectivity index (χ1v) is 15.7. The van der Waals surface area contributed by atoms with Crippen LogP contribution < -0.4 is 10.5 Å². The van der Waals surface area contributed by atoms with Gasteiger partial charge in [0.1, 0.15) is 5.75 Å². The summed E-state index contributed by atoms with van der Waals surface area (Å²) in [6.07, 6.45) is 4.04. The maximum Gasteiger partial charge on any atom is 0.307 e. The van der Waals surface area contributed by atoms with Crippen molar-refractivity contribution in [2.24, 2.45) is 5.73 Å². The van der Waals surface area contributed by atoms with Crippen molar-refractivity contribution in [3.8, 4) is 16.9 Å². The number of methoxy groups -OCH3 is 1. The topological polar surface area (TPSA) is 164 Å². The minimum Gasteiger partial charge on any atom is -0.496 e. The van der Waals surface area contributed by atoms with Crippen LogP contribution in [0.3, 0.4) is 0 Å². The van der Waals surface area contributed by atoms with Gasteiger partial charge in [-0.2, -0.15) is 9.40 Å². The molecule has 2 aromatic heterocycles. The highest BCUT2D eigenvalue weighted by Gasteiger charge is 2.32. The Balaban J connectivity index is 1.35. The van der Waals surface area contributed by atoms with Gasteiger partial charge in [0.15, 0.2) is 0 Å². The average Bonchev–Trinajstić information content (AvgIpc) is 3.40. The van der Waals surface area contributed by atoms with Gasteiger partial charge in [-0.25, -0.2) is 12.9 Å². The third-order valence-electron chi connectivity index (χ3n) is 7.05. The molecule has 0 atom stereocenters. The van der Waals surface area contributed by atoms with Crippen LogP contribution in [0.25, 0.3) is 16.6 Å². The molecule has 1 aliphatic heterocycles. The Hall–Kier alpha value is -3.11. The fourth-order valence-electron chi connectivity index (χ4n) is 4.94. The molecule has 3 heterocycles. The fraction of sp³-hybridized carbons (Fsp3) is 0.517. The number of pyridine rings is 1.